The molecule has 0 aliphatic carbocycles. The lowest BCUT2D eigenvalue weighted by molar-refractivity contribution is -0.0345. The van der Waals surface area contributed by atoms with Gasteiger partial charge in [0.15, 0.2) is 0 Å². The average Bonchev–Trinajstić information content (AvgIpc) is 2.42. The van der Waals surface area contributed by atoms with Crippen LogP contribution in [0.15, 0.2) is 0 Å². The molecule has 21 heavy (non-hydrogen) atoms. The van der Waals surface area contributed by atoms with Gasteiger partial charge in [-0.1, -0.05) is 20.8 Å². The highest BCUT2D eigenvalue weighted by Crippen LogP contribution is 2.20. The van der Waals surface area contributed by atoms with Gasteiger partial charge >= 0.3 is 0 Å². The van der Waals surface area contributed by atoms with E-state index in [1.54, 1.807) is 0 Å². The lowest BCUT2D eigenvalue weighted by atomic mass is 9.91. The molecule has 0 amide bonds. The molecular formula is C16H34N2O2S. The van der Waals surface area contributed by atoms with E-state index in [0.29, 0.717) is 11.5 Å². The molecule has 126 valence electrons. The number of nitrogens with zero attached hydrogens (tertiary/aromatic N) is 1. The fourth-order valence-corrected chi connectivity index (χ4v) is 2.75. The molecule has 1 N–H and O–H groups in total. The lowest BCUT2D eigenvalue weighted by Gasteiger charge is -2.33. The van der Waals surface area contributed by atoms with E-state index in [-0.39, 0.29) is 0 Å². The highest BCUT2D eigenvalue weighted by atomic mass is 32.2. The van der Waals surface area contributed by atoms with Crippen molar-refractivity contribution in [3.63, 3.8) is 0 Å². The molecule has 1 aliphatic heterocycles. The Morgan fingerprint density at radius 3 is 2.86 bits per heavy atom. The van der Waals surface area contributed by atoms with Gasteiger partial charge in [0.05, 0.1) is 19.3 Å². The fourth-order valence-electron chi connectivity index (χ4n) is 2.43. The smallest absolute Gasteiger partial charge is 0.0827 e. The average molecular weight is 319 g/mol. The minimum atomic E-state index is 0.326. The van der Waals surface area contributed by atoms with E-state index in [9.17, 15) is 0 Å². The summed E-state index contributed by atoms with van der Waals surface area (Å²) in [5, 5.41) is 3.40. The molecule has 5 heteroatoms. The van der Waals surface area contributed by atoms with Gasteiger partial charge in [0.25, 0.3) is 0 Å². The van der Waals surface area contributed by atoms with Gasteiger partial charge in [-0.15, -0.1) is 11.8 Å². The van der Waals surface area contributed by atoms with E-state index in [4.69, 9.17) is 9.47 Å². The van der Waals surface area contributed by atoms with Crippen molar-refractivity contribution in [1.82, 2.24) is 10.2 Å². The predicted molar refractivity (Wildman–Crippen MR) is 92.1 cm³/mol. The standard InChI is InChI=1S/C16H34N2O2S/c1-16(2,3)6-5-9-19-10-7-18-8-11-20-15(13-18)12-17-14-21-4/h15,17H,5-14H2,1-4H3/t15-/m0/s1. The number of morpholine rings is 1. The molecule has 1 atom stereocenters. The van der Waals surface area contributed by atoms with Gasteiger partial charge < -0.3 is 14.8 Å². The summed E-state index contributed by atoms with van der Waals surface area (Å²) in [6, 6.07) is 0. The van der Waals surface area contributed by atoms with E-state index in [1.807, 2.05) is 11.8 Å². The van der Waals surface area contributed by atoms with Crippen LogP contribution in [0.1, 0.15) is 33.6 Å². The van der Waals surface area contributed by atoms with Gasteiger partial charge in [0, 0.05) is 38.7 Å². The first kappa shape index (κ1) is 19.2. The summed E-state index contributed by atoms with van der Waals surface area (Å²) in [6.45, 7) is 13.5. The third-order valence-corrected chi connectivity index (χ3v) is 4.10. The van der Waals surface area contributed by atoms with Gasteiger partial charge in [-0.05, 0) is 24.5 Å². The third-order valence-electron chi connectivity index (χ3n) is 3.61. The maximum atomic E-state index is 5.78. The Balaban J connectivity index is 2.01. The summed E-state index contributed by atoms with van der Waals surface area (Å²) in [5.41, 5.74) is 0.421. The van der Waals surface area contributed by atoms with Gasteiger partial charge in [-0.25, -0.2) is 0 Å². The Bertz CT molecular complexity index is 259. The van der Waals surface area contributed by atoms with Crippen LogP contribution in [0.5, 0.6) is 0 Å². The second kappa shape index (κ2) is 10.8. The van der Waals surface area contributed by atoms with Crippen molar-refractivity contribution >= 4 is 11.8 Å². The Morgan fingerprint density at radius 1 is 1.33 bits per heavy atom. The molecular weight excluding hydrogens is 284 g/mol. The summed E-state index contributed by atoms with van der Waals surface area (Å²) in [7, 11) is 0. The van der Waals surface area contributed by atoms with Gasteiger partial charge in [0.2, 0.25) is 0 Å². The Kier molecular flexibility index (Phi) is 9.93. The molecule has 0 aromatic carbocycles. The summed E-state index contributed by atoms with van der Waals surface area (Å²) >= 11 is 1.81. The zero-order chi connectivity index (χ0) is 15.6. The van der Waals surface area contributed by atoms with Crippen LogP contribution in [0.2, 0.25) is 0 Å². The van der Waals surface area contributed by atoms with E-state index in [0.717, 1.165) is 58.3 Å². The highest BCUT2D eigenvalue weighted by Gasteiger charge is 2.19. The van der Waals surface area contributed by atoms with Crippen molar-refractivity contribution in [2.75, 3.05) is 58.1 Å². The lowest BCUT2D eigenvalue weighted by Crippen LogP contribution is -2.47. The topological polar surface area (TPSA) is 33.7 Å². The molecule has 0 unspecified atom stereocenters. The molecule has 0 aromatic heterocycles. The van der Waals surface area contributed by atoms with Crippen molar-refractivity contribution in [3.8, 4) is 0 Å². The number of rotatable bonds is 10. The SMILES string of the molecule is CSCNC[C@H]1CN(CCOCCCC(C)(C)C)CCO1. The Hall–Kier alpha value is 0.190. The summed E-state index contributed by atoms with van der Waals surface area (Å²) in [4.78, 5) is 2.46. The Morgan fingerprint density at radius 2 is 2.14 bits per heavy atom. The molecule has 1 aliphatic rings. The third kappa shape index (κ3) is 10.5. The molecule has 1 heterocycles. The van der Waals surface area contributed by atoms with E-state index >= 15 is 0 Å². The first-order valence-electron chi connectivity index (χ1n) is 8.12. The van der Waals surface area contributed by atoms with Crippen LogP contribution in [-0.4, -0.2) is 69.1 Å². The van der Waals surface area contributed by atoms with Crippen LogP contribution in [0.4, 0.5) is 0 Å². The second-order valence-electron chi connectivity index (χ2n) is 6.96. The van der Waals surface area contributed by atoms with Crippen LogP contribution in [0.3, 0.4) is 0 Å². The normalized spacial score (nSPS) is 20.9. The van der Waals surface area contributed by atoms with E-state index in [2.05, 4.69) is 37.2 Å². The molecule has 0 saturated carbocycles. The minimum absolute atomic E-state index is 0.326. The van der Waals surface area contributed by atoms with Crippen molar-refractivity contribution in [2.24, 2.45) is 5.41 Å². The van der Waals surface area contributed by atoms with Crippen LogP contribution in [0.25, 0.3) is 0 Å². The van der Waals surface area contributed by atoms with Crippen LogP contribution < -0.4 is 5.32 Å². The summed E-state index contributed by atoms with van der Waals surface area (Å²) < 4.78 is 11.5. The maximum absolute atomic E-state index is 5.78. The zero-order valence-corrected chi connectivity index (χ0v) is 15.1. The molecule has 0 radical (unpaired) electrons. The van der Waals surface area contributed by atoms with Gasteiger partial charge in [0.1, 0.15) is 0 Å². The van der Waals surface area contributed by atoms with E-state index in [1.165, 1.54) is 6.42 Å². The second-order valence-corrected chi connectivity index (χ2v) is 7.82. The van der Waals surface area contributed by atoms with Crippen LogP contribution >= 0.6 is 11.8 Å². The summed E-state index contributed by atoms with van der Waals surface area (Å²) in [5.74, 6) is 0.997. The molecule has 0 spiro atoms. The minimum Gasteiger partial charge on any atom is -0.380 e. The highest BCUT2D eigenvalue weighted by molar-refractivity contribution is 7.98. The van der Waals surface area contributed by atoms with Crippen molar-refractivity contribution < 1.29 is 9.47 Å². The monoisotopic (exact) mass is 318 g/mol. The quantitative estimate of drug-likeness (QED) is 0.494. The number of hydrogen-bond donors (Lipinski definition) is 1. The molecule has 0 bridgehead atoms. The molecule has 1 saturated heterocycles. The first-order valence-corrected chi connectivity index (χ1v) is 9.52. The van der Waals surface area contributed by atoms with Crippen LogP contribution in [0, 0.1) is 5.41 Å². The molecule has 0 aromatic rings. The largest absolute Gasteiger partial charge is 0.380 e. The maximum Gasteiger partial charge on any atom is 0.0827 e. The van der Waals surface area contributed by atoms with Crippen LogP contribution in [-0.2, 0) is 9.47 Å². The molecule has 4 nitrogen and oxygen atoms in total. The molecule has 1 fully saturated rings. The zero-order valence-electron chi connectivity index (χ0n) is 14.3. The molecule has 1 rings (SSSR count). The Labute approximate surface area is 135 Å². The fraction of sp³-hybridized carbons (Fsp3) is 1.00. The number of nitrogens with one attached hydrogen (secondary N) is 1. The number of ether oxygens (including phenoxy) is 2. The van der Waals surface area contributed by atoms with Crippen molar-refractivity contribution in [2.45, 2.75) is 39.7 Å². The van der Waals surface area contributed by atoms with Gasteiger partial charge in [-0.2, -0.15) is 0 Å². The predicted octanol–water partition coefficient (Wildman–Crippen LogP) is 2.44. The van der Waals surface area contributed by atoms with Crippen molar-refractivity contribution in [1.29, 1.82) is 0 Å². The van der Waals surface area contributed by atoms with E-state index < -0.39 is 0 Å². The number of thioether (sulfide) groups is 1. The summed E-state index contributed by atoms with van der Waals surface area (Å²) in [6.07, 6.45) is 4.83. The van der Waals surface area contributed by atoms with Crippen molar-refractivity contribution in [3.05, 3.63) is 0 Å². The van der Waals surface area contributed by atoms with Gasteiger partial charge in [-0.3, -0.25) is 4.90 Å². The number of hydrogen-bond acceptors (Lipinski definition) is 5. The first-order chi connectivity index (χ1) is 10.0.